The lowest BCUT2D eigenvalue weighted by atomic mass is 9.77. The lowest BCUT2D eigenvalue weighted by molar-refractivity contribution is 0.189. The van der Waals surface area contributed by atoms with Crippen molar-refractivity contribution >= 4 is 0 Å². The maximum Gasteiger partial charge on any atom is 0.0587 e. The van der Waals surface area contributed by atoms with E-state index in [0.717, 1.165) is 30.9 Å². The summed E-state index contributed by atoms with van der Waals surface area (Å²) in [6.45, 7) is 7.75. The molecule has 0 radical (unpaired) electrons. The maximum absolute atomic E-state index is 5.02. The predicted molar refractivity (Wildman–Crippen MR) is 65.0 cm³/mol. The van der Waals surface area contributed by atoms with Gasteiger partial charge < -0.3 is 10.1 Å². The number of rotatable bonds is 6. The Morgan fingerprint density at radius 3 is 2.40 bits per heavy atom. The molecule has 1 saturated carbocycles. The van der Waals surface area contributed by atoms with Crippen molar-refractivity contribution in [2.45, 2.75) is 39.5 Å². The number of hydrogen-bond donors (Lipinski definition) is 1. The van der Waals surface area contributed by atoms with Crippen molar-refractivity contribution in [2.24, 2.45) is 17.8 Å². The average Bonchev–Trinajstić information content (AvgIpc) is 2.25. The Balaban J connectivity index is 2.04. The van der Waals surface area contributed by atoms with Gasteiger partial charge in [-0.15, -0.1) is 0 Å². The molecule has 0 atom stereocenters. The van der Waals surface area contributed by atoms with Crippen LogP contribution >= 0.6 is 0 Å². The average molecular weight is 213 g/mol. The molecule has 1 rings (SSSR count). The molecule has 0 aliphatic heterocycles. The van der Waals surface area contributed by atoms with Gasteiger partial charge in [-0.2, -0.15) is 0 Å². The molecule has 1 fully saturated rings. The highest BCUT2D eigenvalue weighted by Gasteiger charge is 2.22. The Morgan fingerprint density at radius 2 is 1.87 bits per heavy atom. The normalized spacial score (nSPS) is 27.2. The summed E-state index contributed by atoms with van der Waals surface area (Å²) < 4.78 is 5.02. The van der Waals surface area contributed by atoms with Crippen molar-refractivity contribution in [1.82, 2.24) is 5.32 Å². The van der Waals surface area contributed by atoms with E-state index in [2.05, 4.69) is 19.2 Å². The van der Waals surface area contributed by atoms with Gasteiger partial charge in [-0.3, -0.25) is 0 Å². The highest BCUT2D eigenvalue weighted by atomic mass is 16.5. The van der Waals surface area contributed by atoms with Crippen molar-refractivity contribution in [3.05, 3.63) is 0 Å². The molecule has 2 heteroatoms. The number of nitrogens with one attached hydrogen (secondary N) is 1. The summed E-state index contributed by atoms with van der Waals surface area (Å²) in [6, 6.07) is 0. The molecule has 0 aromatic heterocycles. The monoisotopic (exact) mass is 213 g/mol. The second-order valence-electron chi connectivity index (χ2n) is 5.22. The molecule has 0 aromatic rings. The zero-order valence-corrected chi connectivity index (χ0v) is 10.6. The lowest BCUT2D eigenvalue weighted by Crippen LogP contribution is -2.29. The van der Waals surface area contributed by atoms with Gasteiger partial charge >= 0.3 is 0 Å². The van der Waals surface area contributed by atoms with Crippen molar-refractivity contribution in [1.29, 1.82) is 0 Å². The molecule has 2 nitrogen and oxygen atoms in total. The summed E-state index contributed by atoms with van der Waals surface area (Å²) in [6.07, 6.45) is 5.72. The zero-order chi connectivity index (χ0) is 11.1. The summed E-state index contributed by atoms with van der Waals surface area (Å²) in [4.78, 5) is 0. The van der Waals surface area contributed by atoms with Gasteiger partial charge in [-0.25, -0.2) is 0 Å². The Hall–Kier alpha value is -0.0800. The van der Waals surface area contributed by atoms with Gasteiger partial charge in [-0.1, -0.05) is 13.8 Å². The van der Waals surface area contributed by atoms with Crippen LogP contribution in [0.2, 0.25) is 0 Å². The van der Waals surface area contributed by atoms with Gasteiger partial charge in [0.05, 0.1) is 6.61 Å². The molecular formula is C13H27NO. The topological polar surface area (TPSA) is 21.3 Å². The van der Waals surface area contributed by atoms with Crippen LogP contribution in [0, 0.1) is 17.8 Å². The summed E-state index contributed by atoms with van der Waals surface area (Å²) in [5.74, 6) is 2.78. The van der Waals surface area contributed by atoms with Crippen molar-refractivity contribution in [2.75, 3.05) is 26.8 Å². The second kappa shape index (κ2) is 7.24. The second-order valence-corrected chi connectivity index (χ2v) is 5.22. The molecule has 0 bridgehead atoms. The molecule has 1 aliphatic carbocycles. The Morgan fingerprint density at radius 1 is 1.20 bits per heavy atom. The molecule has 15 heavy (non-hydrogen) atoms. The van der Waals surface area contributed by atoms with Gasteiger partial charge in [0, 0.05) is 13.7 Å². The van der Waals surface area contributed by atoms with Crippen molar-refractivity contribution in [3.63, 3.8) is 0 Å². The first-order valence-corrected chi connectivity index (χ1v) is 6.43. The summed E-state index contributed by atoms with van der Waals surface area (Å²) in [5.41, 5.74) is 0. The van der Waals surface area contributed by atoms with E-state index in [1.165, 1.54) is 32.2 Å². The molecule has 1 N–H and O–H groups in total. The Bertz CT molecular complexity index is 151. The number of hydrogen-bond acceptors (Lipinski definition) is 2. The number of methoxy groups -OCH3 is 1. The molecule has 0 saturated heterocycles. The van der Waals surface area contributed by atoms with Gasteiger partial charge in [0.15, 0.2) is 0 Å². The first-order chi connectivity index (χ1) is 7.24. The van der Waals surface area contributed by atoms with Gasteiger partial charge in [0.2, 0.25) is 0 Å². The highest BCUT2D eigenvalue weighted by molar-refractivity contribution is 4.75. The van der Waals surface area contributed by atoms with E-state index in [4.69, 9.17) is 4.74 Å². The standard InChI is InChI=1S/C13H27NO/c1-11(2)13-6-4-12(5-7-13)10-14-8-9-15-3/h11-14H,4-10H2,1-3H3. The van der Waals surface area contributed by atoms with Gasteiger partial charge in [0.1, 0.15) is 0 Å². The van der Waals surface area contributed by atoms with Gasteiger partial charge in [0.25, 0.3) is 0 Å². The minimum absolute atomic E-state index is 0.835. The Labute approximate surface area is 94.8 Å². The van der Waals surface area contributed by atoms with Crippen LogP contribution < -0.4 is 5.32 Å². The van der Waals surface area contributed by atoms with Crippen LogP contribution in [0.4, 0.5) is 0 Å². The third-order valence-electron chi connectivity index (χ3n) is 3.75. The SMILES string of the molecule is COCCNCC1CCC(C(C)C)CC1. The minimum Gasteiger partial charge on any atom is -0.383 e. The maximum atomic E-state index is 5.02. The van der Waals surface area contributed by atoms with E-state index in [1.54, 1.807) is 7.11 Å². The molecule has 0 heterocycles. The predicted octanol–water partition coefficient (Wildman–Crippen LogP) is 2.68. The van der Waals surface area contributed by atoms with E-state index in [-0.39, 0.29) is 0 Å². The van der Waals surface area contributed by atoms with Crippen LogP contribution in [0.1, 0.15) is 39.5 Å². The summed E-state index contributed by atoms with van der Waals surface area (Å²) in [5, 5.41) is 3.48. The fourth-order valence-corrected chi connectivity index (χ4v) is 2.54. The fraction of sp³-hybridized carbons (Fsp3) is 1.00. The quantitative estimate of drug-likeness (QED) is 0.685. The largest absolute Gasteiger partial charge is 0.383 e. The molecular weight excluding hydrogens is 186 g/mol. The van der Waals surface area contributed by atoms with Crippen LogP contribution in [0.25, 0.3) is 0 Å². The smallest absolute Gasteiger partial charge is 0.0587 e. The van der Waals surface area contributed by atoms with Crippen LogP contribution in [0.3, 0.4) is 0 Å². The molecule has 0 unspecified atom stereocenters. The summed E-state index contributed by atoms with van der Waals surface area (Å²) in [7, 11) is 1.76. The minimum atomic E-state index is 0.835. The van der Waals surface area contributed by atoms with E-state index in [0.29, 0.717) is 0 Å². The molecule has 0 amide bonds. The van der Waals surface area contributed by atoms with Crippen LogP contribution in [0.5, 0.6) is 0 Å². The van der Waals surface area contributed by atoms with Gasteiger partial charge in [-0.05, 0) is 50.0 Å². The van der Waals surface area contributed by atoms with E-state index >= 15 is 0 Å². The molecule has 0 aromatic carbocycles. The highest BCUT2D eigenvalue weighted by Crippen LogP contribution is 2.32. The third-order valence-corrected chi connectivity index (χ3v) is 3.75. The fourth-order valence-electron chi connectivity index (χ4n) is 2.54. The lowest BCUT2D eigenvalue weighted by Gasteiger charge is -2.31. The van der Waals surface area contributed by atoms with E-state index < -0.39 is 0 Å². The molecule has 1 aliphatic rings. The number of ether oxygens (including phenoxy) is 1. The van der Waals surface area contributed by atoms with Crippen LogP contribution in [0.15, 0.2) is 0 Å². The van der Waals surface area contributed by atoms with E-state index in [1.807, 2.05) is 0 Å². The third kappa shape index (κ3) is 4.98. The van der Waals surface area contributed by atoms with Crippen LogP contribution in [-0.4, -0.2) is 26.8 Å². The first kappa shape index (κ1) is 13.0. The van der Waals surface area contributed by atoms with Crippen LogP contribution in [-0.2, 0) is 4.74 Å². The van der Waals surface area contributed by atoms with Crippen molar-refractivity contribution < 1.29 is 4.74 Å². The van der Waals surface area contributed by atoms with Crippen molar-refractivity contribution in [3.8, 4) is 0 Å². The first-order valence-electron chi connectivity index (χ1n) is 6.43. The van der Waals surface area contributed by atoms with E-state index in [9.17, 15) is 0 Å². The zero-order valence-electron chi connectivity index (χ0n) is 10.6. The molecule has 90 valence electrons. The molecule has 0 spiro atoms. The Kier molecular flexibility index (Phi) is 6.26. The summed E-state index contributed by atoms with van der Waals surface area (Å²) >= 11 is 0.